The van der Waals surface area contributed by atoms with Gasteiger partial charge in [0.05, 0.1) is 29.3 Å². The molecule has 0 unspecified atom stereocenters. The van der Waals surface area contributed by atoms with Gasteiger partial charge in [0.15, 0.2) is 5.01 Å². The fourth-order valence-electron chi connectivity index (χ4n) is 3.44. The van der Waals surface area contributed by atoms with Gasteiger partial charge in [0.2, 0.25) is 0 Å². The van der Waals surface area contributed by atoms with Gasteiger partial charge >= 0.3 is 0 Å². The number of para-hydroxylation sites is 2. The molecule has 0 saturated heterocycles. The Kier molecular flexibility index (Phi) is 5.90. The minimum absolute atomic E-state index is 0.227. The summed E-state index contributed by atoms with van der Waals surface area (Å²) in [6.45, 7) is 3.56. The van der Waals surface area contributed by atoms with E-state index in [1.54, 1.807) is 12.1 Å². The van der Waals surface area contributed by atoms with E-state index in [1.807, 2.05) is 45.3 Å². The van der Waals surface area contributed by atoms with Crippen molar-refractivity contribution in [3.8, 4) is 0 Å². The van der Waals surface area contributed by atoms with Gasteiger partial charge in [-0.1, -0.05) is 12.1 Å². The average Bonchev–Trinajstić information content (AvgIpc) is 3.19. The van der Waals surface area contributed by atoms with Crippen LogP contribution in [0.15, 0.2) is 53.5 Å². The number of fused-ring (bicyclic) bond motifs is 1. The molecule has 3 N–H and O–H groups in total. The van der Waals surface area contributed by atoms with E-state index in [4.69, 9.17) is 10.7 Å². The van der Waals surface area contributed by atoms with Gasteiger partial charge in [-0.15, -0.1) is 11.3 Å². The second-order valence-corrected chi connectivity index (χ2v) is 8.76. The minimum atomic E-state index is -0.227. The Morgan fingerprint density at radius 1 is 1.19 bits per heavy atom. The normalized spacial score (nSPS) is 13.6. The topological polar surface area (TPSA) is 86.8 Å². The third-order valence-corrected chi connectivity index (χ3v) is 6.33. The summed E-state index contributed by atoms with van der Waals surface area (Å²) in [7, 11) is 4.04. The largest absolute Gasteiger partial charge is 0.397 e. The zero-order valence-corrected chi connectivity index (χ0v) is 18.7. The first-order valence-corrected chi connectivity index (χ1v) is 10.9. The van der Waals surface area contributed by atoms with Gasteiger partial charge in [-0.2, -0.15) is 0 Å². The number of carbonyl (C=O) groups is 1. The van der Waals surface area contributed by atoms with Gasteiger partial charge in [0.25, 0.3) is 5.91 Å². The van der Waals surface area contributed by atoms with Crippen LogP contribution in [0.1, 0.15) is 27.3 Å². The van der Waals surface area contributed by atoms with Crippen LogP contribution in [-0.4, -0.2) is 42.3 Å². The molecule has 4 rings (SSSR count). The fraction of sp³-hybridized carbons (Fsp3) is 0.261. The molecule has 0 atom stereocenters. The number of hydrogen-bond acceptors (Lipinski definition) is 6. The number of aliphatic imine (C=N–C) groups is 1. The summed E-state index contributed by atoms with van der Waals surface area (Å²) >= 11 is 1.44. The molecular formula is C23H26N6OS. The zero-order chi connectivity index (χ0) is 22.0. The Hall–Kier alpha value is -3.39. The molecule has 0 radical (unpaired) electrons. The molecule has 0 spiro atoms. The summed E-state index contributed by atoms with van der Waals surface area (Å²) in [5.74, 6) is 0.731. The predicted molar refractivity (Wildman–Crippen MR) is 129 cm³/mol. The van der Waals surface area contributed by atoms with Crippen LogP contribution in [-0.2, 0) is 13.0 Å². The van der Waals surface area contributed by atoms with Crippen molar-refractivity contribution >= 4 is 45.8 Å². The van der Waals surface area contributed by atoms with E-state index in [0.29, 0.717) is 22.9 Å². The highest BCUT2D eigenvalue weighted by atomic mass is 32.1. The highest BCUT2D eigenvalue weighted by molar-refractivity contribution is 7.13. The average molecular weight is 435 g/mol. The van der Waals surface area contributed by atoms with Crippen molar-refractivity contribution in [2.24, 2.45) is 4.99 Å². The molecule has 1 aromatic heterocycles. The van der Waals surface area contributed by atoms with Crippen LogP contribution in [0, 0.1) is 0 Å². The van der Waals surface area contributed by atoms with Crippen LogP contribution >= 0.6 is 11.3 Å². The number of nitrogens with one attached hydrogen (secondary N) is 1. The van der Waals surface area contributed by atoms with Crippen LogP contribution in [0.25, 0.3) is 0 Å². The third kappa shape index (κ3) is 4.69. The number of rotatable bonds is 4. The van der Waals surface area contributed by atoms with Crippen molar-refractivity contribution in [2.45, 2.75) is 19.9 Å². The van der Waals surface area contributed by atoms with Gasteiger partial charge in [-0.05, 0) is 43.3 Å². The first-order valence-electron chi connectivity index (χ1n) is 10.1. The van der Waals surface area contributed by atoms with Crippen molar-refractivity contribution in [3.05, 3.63) is 64.1 Å². The van der Waals surface area contributed by atoms with E-state index in [1.165, 1.54) is 11.3 Å². The van der Waals surface area contributed by atoms with E-state index in [-0.39, 0.29) is 5.91 Å². The summed E-state index contributed by atoms with van der Waals surface area (Å²) < 4.78 is 0. The number of nitrogen functional groups attached to an aromatic ring is 1. The Bertz CT molecular complexity index is 1120. The highest BCUT2D eigenvalue weighted by Crippen LogP contribution is 2.27. The molecule has 0 saturated carbocycles. The second-order valence-electron chi connectivity index (χ2n) is 7.67. The van der Waals surface area contributed by atoms with Crippen LogP contribution in [0.3, 0.4) is 0 Å². The standard InChI is InChI=1S/C23H26N6OS/c1-15(25-16-8-10-17(11-9-16)28(2)3)29-13-12-20-21(14-29)31-23(27-20)22(30)26-19-7-5-4-6-18(19)24/h4-11H,12-14,24H2,1-3H3,(H,26,30)/b25-15+. The molecule has 1 amide bonds. The molecule has 3 aromatic rings. The van der Waals surface area contributed by atoms with E-state index < -0.39 is 0 Å². The van der Waals surface area contributed by atoms with Crippen LogP contribution in [0.4, 0.5) is 22.7 Å². The van der Waals surface area contributed by atoms with Gasteiger partial charge in [0, 0.05) is 37.6 Å². The number of thiazole rings is 1. The van der Waals surface area contributed by atoms with Crippen molar-refractivity contribution in [1.29, 1.82) is 0 Å². The molecule has 0 aliphatic carbocycles. The number of amides is 1. The lowest BCUT2D eigenvalue weighted by Gasteiger charge is -2.27. The van der Waals surface area contributed by atoms with Crippen molar-refractivity contribution < 1.29 is 4.79 Å². The number of amidine groups is 1. The second kappa shape index (κ2) is 8.77. The monoisotopic (exact) mass is 434 g/mol. The Morgan fingerprint density at radius 2 is 1.94 bits per heavy atom. The smallest absolute Gasteiger partial charge is 0.284 e. The summed E-state index contributed by atoms with van der Waals surface area (Å²) in [5.41, 5.74) is 10.1. The molecule has 160 valence electrons. The Labute approximate surface area is 186 Å². The molecule has 0 bridgehead atoms. The van der Waals surface area contributed by atoms with Gasteiger partial charge in [0.1, 0.15) is 5.84 Å². The molecule has 2 heterocycles. The summed E-state index contributed by atoms with van der Waals surface area (Å²) in [6, 6.07) is 15.4. The maximum absolute atomic E-state index is 12.7. The number of hydrogen-bond donors (Lipinski definition) is 2. The molecule has 7 nitrogen and oxygen atoms in total. The van der Waals surface area contributed by atoms with Crippen LogP contribution in [0.2, 0.25) is 0 Å². The molecule has 0 fully saturated rings. The number of nitrogens with zero attached hydrogens (tertiary/aromatic N) is 4. The van der Waals surface area contributed by atoms with E-state index in [0.717, 1.165) is 40.7 Å². The predicted octanol–water partition coefficient (Wildman–Crippen LogP) is 4.15. The number of anilines is 3. The minimum Gasteiger partial charge on any atom is -0.397 e. The zero-order valence-electron chi connectivity index (χ0n) is 17.9. The lowest BCUT2D eigenvalue weighted by atomic mass is 10.2. The van der Waals surface area contributed by atoms with Gasteiger partial charge in [-0.3, -0.25) is 4.79 Å². The molecule has 2 aromatic carbocycles. The maximum Gasteiger partial charge on any atom is 0.284 e. The quantitative estimate of drug-likeness (QED) is 0.366. The SMILES string of the molecule is C/C(=N\c1ccc(N(C)C)cc1)N1CCc2nc(C(=O)Nc3ccccc3N)sc2C1. The van der Waals surface area contributed by atoms with Gasteiger partial charge in [-0.25, -0.2) is 9.98 Å². The summed E-state index contributed by atoms with van der Waals surface area (Å²) in [5, 5.41) is 3.32. The first-order chi connectivity index (χ1) is 14.9. The Balaban J connectivity index is 1.45. The van der Waals surface area contributed by atoms with Crippen LogP contribution < -0.4 is 16.0 Å². The molecule has 31 heavy (non-hydrogen) atoms. The van der Waals surface area contributed by atoms with E-state index in [2.05, 4.69) is 32.2 Å². The van der Waals surface area contributed by atoms with Crippen molar-refractivity contribution in [3.63, 3.8) is 0 Å². The molecule has 8 heteroatoms. The highest BCUT2D eigenvalue weighted by Gasteiger charge is 2.24. The molecular weight excluding hydrogens is 408 g/mol. The molecule has 1 aliphatic rings. The van der Waals surface area contributed by atoms with E-state index in [9.17, 15) is 4.79 Å². The number of carbonyl (C=O) groups excluding carboxylic acids is 1. The summed E-state index contributed by atoms with van der Waals surface area (Å²) in [4.78, 5) is 27.4. The number of nitrogens with two attached hydrogens (primary N) is 1. The van der Waals surface area contributed by atoms with Gasteiger partial charge < -0.3 is 20.9 Å². The third-order valence-electron chi connectivity index (χ3n) is 5.25. The van der Waals surface area contributed by atoms with E-state index >= 15 is 0 Å². The molecule has 1 aliphatic heterocycles. The number of benzene rings is 2. The maximum atomic E-state index is 12.7. The van der Waals surface area contributed by atoms with Crippen molar-refractivity contribution in [1.82, 2.24) is 9.88 Å². The lowest BCUT2D eigenvalue weighted by Crippen LogP contribution is -2.33. The lowest BCUT2D eigenvalue weighted by molar-refractivity contribution is 0.102. The van der Waals surface area contributed by atoms with Crippen LogP contribution in [0.5, 0.6) is 0 Å². The summed E-state index contributed by atoms with van der Waals surface area (Å²) in [6.07, 6.45) is 0.791. The Morgan fingerprint density at radius 3 is 2.65 bits per heavy atom. The first kappa shape index (κ1) is 20.9. The number of aromatic nitrogens is 1. The van der Waals surface area contributed by atoms with Crippen molar-refractivity contribution in [2.75, 3.05) is 36.6 Å². The fourth-order valence-corrected chi connectivity index (χ4v) is 4.46.